The van der Waals surface area contributed by atoms with E-state index in [1.807, 2.05) is 39.0 Å². The van der Waals surface area contributed by atoms with Gasteiger partial charge in [-0.25, -0.2) is 0 Å². The molecule has 5 heteroatoms. The second-order valence-corrected chi connectivity index (χ2v) is 6.30. The third kappa shape index (κ3) is 5.38. The molecule has 0 aliphatic heterocycles. The molecule has 116 valence electrons. The van der Waals surface area contributed by atoms with Crippen LogP contribution < -0.4 is 0 Å². The van der Waals surface area contributed by atoms with Gasteiger partial charge < -0.3 is 9.64 Å². The molecule has 1 amide bonds. The van der Waals surface area contributed by atoms with Gasteiger partial charge in [0.05, 0.1) is 13.5 Å². The first-order valence-corrected chi connectivity index (χ1v) is 7.23. The molecule has 0 bridgehead atoms. The molecule has 4 nitrogen and oxygen atoms in total. The van der Waals surface area contributed by atoms with Gasteiger partial charge in [0.1, 0.15) is 0 Å². The summed E-state index contributed by atoms with van der Waals surface area (Å²) in [7, 11) is 1.34. The number of methoxy groups -OCH3 is 1. The van der Waals surface area contributed by atoms with Gasteiger partial charge >= 0.3 is 5.97 Å². The number of benzene rings is 1. The third-order valence-electron chi connectivity index (χ3n) is 3.06. The maximum Gasteiger partial charge on any atom is 0.307 e. The number of nitrogens with zero attached hydrogens (tertiary/aromatic N) is 1. The van der Waals surface area contributed by atoms with E-state index >= 15 is 0 Å². The van der Waals surface area contributed by atoms with Gasteiger partial charge in [0.2, 0.25) is 5.91 Å². The van der Waals surface area contributed by atoms with Crippen molar-refractivity contribution in [1.29, 1.82) is 0 Å². The third-order valence-corrected chi connectivity index (χ3v) is 3.43. The second kappa shape index (κ2) is 7.46. The first kappa shape index (κ1) is 17.5. The highest BCUT2D eigenvalue weighted by Crippen LogP contribution is 2.22. The molecule has 1 aromatic rings. The number of esters is 1. The molecule has 0 atom stereocenters. The van der Waals surface area contributed by atoms with Crippen LogP contribution in [0.1, 0.15) is 32.8 Å². The van der Waals surface area contributed by atoms with E-state index in [4.69, 9.17) is 11.6 Å². The molecule has 21 heavy (non-hydrogen) atoms. The minimum absolute atomic E-state index is 0.0219. The van der Waals surface area contributed by atoms with Gasteiger partial charge in [0, 0.05) is 23.5 Å². The first-order chi connectivity index (χ1) is 9.75. The van der Waals surface area contributed by atoms with Crippen LogP contribution >= 0.6 is 11.6 Å². The predicted molar refractivity (Wildman–Crippen MR) is 83.0 cm³/mol. The number of hydrogen-bond acceptors (Lipinski definition) is 3. The van der Waals surface area contributed by atoms with Crippen molar-refractivity contribution >= 4 is 23.5 Å². The number of rotatable bonds is 5. The summed E-state index contributed by atoms with van der Waals surface area (Å²) in [6, 6.07) is 7.39. The molecule has 0 fully saturated rings. The molecule has 0 aliphatic carbocycles. The highest BCUT2D eigenvalue weighted by molar-refractivity contribution is 6.31. The van der Waals surface area contributed by atoms with E-state index in [9.17, 15) is 9.59 Å². The fourth-order valence-electron chi connectivity index (χ4n) is 1.89. The van der Waals surface area contributed by atoms with Gasteiger partial charge in [-0.2, -0.15) is 0 Å². The SMILES string of the molecule is COC(=O)CCN(Cc1ccccc1Cl)C(=O)C(C)(C)C. The van der Waals surface area contributed by atoms with Crippen molar-refractivity contribution in [1.82, 2.24) is 4.90 Å². The lowest BCUT2D eigenvalue weighted by molar-refractivity contribution is -0.144. The van der Waals surface area contributed by atoms with Crippen LogP contribution in [0.4, 0.5) is 0 Å². The standard InChI is InChI=1S/C16H22ClNO3/c1-16(2,3)15(20)18(10-9-14(19)21-4)11-12-7-5-6-8-13(12)17/h5-8H,9-11H2,1-4H3. The Hall–Kier alpha value is -1.55. The topological polar surface area (TPSA) is 46.6 Å². The number of carbonyl (C=O) groups excluding carboxylic acids is 2. The van der Waals surface area contributed by atoms with Crippen molar-refractivity contribution in [3.63, 3.8) is 0 Å². The zero-order chi connectivity index (χ0) is 16.0. The van der Waals surface area contributed by atoms with Gasteiger partial charge in [-0.1, -0.05) is 50.6 Å². The van der Waals surface area contributed by atoms with E-state index in [0.717, 1.165) is 5.56 Å². The fraction of sp³-hybridized carbons (Fsp3) is 0.500. The Kier molecular flexibility index (Phi) is 6.21. The van der Waals surface area contributed by atoms with Crippen molar-refractivity contribution in [2.45, 2.75) is 33.7 Å². The second-order valence-electron chi connectivity index (χ2n) is 5.89. The first-order valence-electron chi connectivity index (χ1n) is 6.85. The number of carbonyl (C=O) groups is 2. The predicted octanol–water partition coefficient (Wildman–Crippen LogP) is 3.28. The smallest absolute Gasteiger partial charge is 0.307 e. The molecule has 0 aromatic heterocycles. The minimum Gasteiger partial charge on any atom is -0.469 e. The van der Waals surface area contributed by atoms with Gasteiger partial charge in [0.15, 0.2) is 0 Å². The normalized spacial score (nSPS) is 11.1. The van der Waals surface area contributed by atoms with Crippen molar-refractivity contribution in [3.8, 4) is 0 Å². The summed E-state index contributed by atoms with van der Waals surface area (Å²) in [6.45, 7) is 6.26. The highest BCUT2D eigenvalue weighted by atomic mass is 35.5. The minimum atomic E-state index is -0.516. The van der Waals surface area contributed by atoms with E-state index in [-0.39, 0.29) is 18.3 Å². The average Bonchev–Trinajstić information content (AvgIpc) is 2.43. The molecule has 0 radical (unpaired) electrons. The summed E-state index contributed by atoms with van der Waals surface area (Å²) < 4.78 is 4.64. The van der Waals surface area contributed by atoms with E-state index in [2.05, 4.69) is 4.74 Å². The van der Waals surface area contributed by atoms with Crippen LogP contribution in [0.3, 0.4) is 0 Å². The van der Waals surface area contributed by atoms with E-state index in [0.29, 0.717) is 18.1 Å². The molecular formula is C16H22ClNO3. The van der Waals surface area contributed by atoms with E-state index < -0.39 is 5.41 Å². The molecule has 0 saturated heterocycles. The summed E-state index contributed by atoms with van der Waals surface area (Å²) >= 11 is 6.15. The summed E-state index contributed by atoms with van der Waals surface area (Å²) in [5.74, 6) is -0.354. The summed E-state index contributed by atoms with van der Waals surface area (Å²) in [5, 5.41) is 0.613. The Balaban J connectivity index is 2.89. The summed E-state index contributed by atoms with van der Waals surface area (Å²) in [4.78, 5) is 25.5. The number of halogens is 1. The Morgan fingerprint density at radius 1 is 1.24 bits per heavy atom. The van der Waals surface area contributed by atoms with E-state index in [1.54, 1.807) is 11.0 Å². The van der Waals surface area contributed by atoms with Crippen molar-refractivity contribution in [3.05, 3.63) is 34.9 Å². The average molecular weight is 312 g/mol. The number of hydrogen-bond donors (Lipinski definition) is 0. The van der Waals surface area contributed by atoms with Crippen molar-refractivity contribution in [2.24, 2.45) is 5.41 Å². The molecule has 0 saturated carbocycles. The molecule has 0 spiro atoms. The molecule has 0 heterocycles. The van der Waals surface area contributed by atoms with Crippen LogP contribution in [0, 0.1) is 5.41 Å². The molecule has 0 unspecified atom stereocenters. The van der Waals surface area contributed by atoms with Crippen LogP contribution in [0.2, 0.25) is 5.02 Å². The lowest BCUT2D eigenvalue weighted by atomic mass is 9.94. The van der Waals surface area contributed by atoms with Gasteiger partial charge in [-0.3, -0.25) is 9.59 Å². The highest BCUT2D eigenvalue weighted by Gasteiger charge is 2.28. The Morgan fingerprint density at radius 3 is 2.38 bits per heavy atom. The van der Waals surface area contributed by atoms with Crippen molar-refractivity contribution in [2.75, 3.05) is 13.7 Å². The lowest BCUT2D eigenvalue weighted by Gasteiger charge is -2.29. The largest absolute Gasteiger partial charge is 0.469 e. The lowest BCUT2D eigenvalue weighted by Crippen LogP contribution is -2.40. The Labute approximate surface area is 131 Å². The van der Waals surface area contributed by atoms with Crippen LogP contribution in [0.25, 0.3) is 0 Å². The fourth-order valence-corrected chi connectivity index (χ4v) is 2.08. The Bertz CT molecular complexity index is 508. The van der Waals surface area contributed by atoms with Crippen LogP contribution in [-0.4, -0.2) is 30.4 Å². The molecule has 0 N–H and O–H groups in total. The van der Waals surface area contributed by atoms with E-state index in [1.165, 1.54) is 7.11 Å². The molecule has 0 aliphatic rings. The maximum atomic E-state index is 12.5. The quantitative estimate of drug-likeness (QED) is 0.784. The molecule has 1 rings (SSSR count). The van der Waals surface area contributed by atoms with Crippen molar-refractivity contribution < 1.29 is 14.3 Å². The van der Waals surface area contributed by atoms with Gasteiger partial charge in [-0.15, -0.1) is 0 Å². The zero-order valence-electron chi connectivity index (χ0n) is 13.0. The summed E-state index contributed by atoms with van der Waals surface area (Å²) in [6.07, 6.45) is 0.169. The molecular weight excluding hydrogens is 290 g/mol. The van der Waals surface area contributed by atoms with Crippen LogP contribution in [0.5, 0.6) is 0 Å². The maximum absolute atomic E-state index is 12.5. The Morgan fingerprint density at radius 2 is 1.86 bits per heavy atom. The van der Waals surface area contributed by atoms with Crippen LogP contribution in [0.15, 0.2) is 24.3 Å². The zero-order valence-corrected chi connectivity index (χ0v) is 13.7. The number of amides is 1. The van der Waals surface area contributed by atoms with Crippen LogP contribution in [-0.2, 0) is 20.9 Å². The molecule has 1 aromatic carbocycles. The van der Waals surface area contributed by atoms with Gasteiger partial charge in [0.25, 0.3) is 0 Å². The van der Waals surface area contributed by atoms with Gasteiger partial charge in [-0.05, 0) is 11.6 Å². The number of ether oxygens (including phenoxy) is 1. The monoisotopic (exact) mass is 311 g/mol. The summed E-state index contributed by atoms with van der Waals surface area (Å²) in [5.41, 5.74) is 0.346.